The van der Waals surface area contributed by atoms with E-state index in [-0.39, 0.29) is 40.4 Å². The number of hydrogen-bond acceptors (Lipinski definition) is 6. The van der Waals surface area contributed by atoms with Crippen molar-refractivity contribution in [2.75, 3.05) is 7.11 Å². The third-order valence-electron chi connectivity index (χ3n) is 10.8. The molecule has 3 saturated carbocycles. The Bertz CT molecular complexity index is 1090. The van der Waals surface area contributed by atoms with Gasteiger partial charge in [-0.05, 0) is 79.4 Å². The number of ketones is 1. The van der Waals surface area contributed by atoms with E-state index in [1.807, 2.05) is 12.1 Å². The van der Waals surface area contributed by atoms with Gasteiger partial charge >= 0.3 is 11.9 Å². The highest BCUT2D eigenvalue weighted by Crippen LogP contribution is 2.73. The van der Waals surface area contributed by atoms with Gasteiger partial charge in [0.05, 0.1) is 31.0 Å². The van der Waals surface area contributed by atoms with Gasteiger partial charge < -0.3 is 13.9 Å². The molecular formula is C29H38O6. The normalized spacial score (nSPS) is 44.5. The molecule has 8 atom stereocenters. The third-order valence-corrected chi connectivity index (χ3v) is 10.8. The van der Waals surface area contributed by atoms with Crippen LogP contribution in [-0.2, 0) is 23.9 Å². The fourth-order valence-corrected chi connectivity index (χ4v) is 9.40. The predicted molar refractivity (Wildman–Crippen MR) is 129 cm³/mol. The van der Waals surface area contributed by atoms with Crippen molar-refractivity contribution in [1.82, 2.24) is 0 Å². The highest BCUT2D eigenvalue weighted by molar-refractivity contribution is 6.01. The molecule has 1 aromatic rings. The van der Waals surface area contributed by atoms with Crippen LogP contribution in [0.2, 0.25) is 0 Å². The predicted octanol–water partition coefficient (Wildman–Crippen LogP) is 5.62. The fraction of sp³-hybridized carbons (Fsp3) is 0.690. The highest BCUT2D eigenvalue weighted by atomic mass is 16.5. The number of methoxy groups -OCH3 is 1. The van der Waals surface area contributed by atoms with Crippen LogP contribution in [0.5, 0.6) is 0 Å². The second-order valence-corrected chi connectivity index (χ2v) is 12.4. The van der Waals surface area contributed by atoms with E-state index in [1.54, 1.807) is 12.5 Å². The molecule has 0 radical (unpaired) electrons. The number of allylic oxidation sites excluding steroid dienone is 1. The average molecular weight is 483 g/mol. The molecule has 0 spiro atoms. The molecule has 0 amide bonds. The van der Waals surface area contributed by atoms with Crippen molar-refractivity contribution in [3.63, 3.8) is 0 Å². The summed E-state index contributed by atoms with van der Waals surface area (Å²) in [6.45, 7) is 10.3. The van der Waals surface area contributed by atoms with Crippen LogP contribution in [0.4, 0.5) is 0 Å². The molecule has 1 aromatic heterocycles. The number of hydrogen-bond donors (Lipinski definition) is 0. The molecule has 190 valence electrons. The van der Waals surface area contributed by atoms with Gasteiger partial charge in [-0.2, -0.15) is 0 Å². The van der Waals surface area contributed by atoms with Crippen molar-refractivity contribution < 1.29 is 28.3 Å². The number of furan rings is 1. The maximum atomic E-state index is 13.6. The summed E-state index contributed by atoms with van der Waals surface area (Å²) < 4.78 is 16.7. The van der Waals surface area contributed by atoms with Gasteiger partial charge in [-0.1, -0.05) is 27.2 Å². The lowest BCUT2D eigenvalue weighted by Crippen LogP contribution is -2.63. The van der Waals surface area contributed by atoms with Crippen LogP contribution in [0.1, 0.15) is 84.6 Å². The molecule has 0 bridgehead atoms. The fourth-order valence-electron chi connectivity index (χ4n) is 9.40. The molecule has 6 nitrogen and oxygen atoms in total. The number of rotatable bonds is 3. The van der Waals surface area contributed by atoms with Crippen LogP contribution >= 0.6 is 0 Å². The van der Waals surface area contributed by atoms with E-state index < -0.39 is 22.9 Å². The first-order chi connectivity index (χ1) is 16.4. The Morgan fingerprint density at radius 2 is 1.83 bits per heavy atom. The SMILES string of the molecule is COC(=O)[C@@]1(C)CCC[C@@]2(C)C1CC[C@@]1(C)C3=CC(=O)[C@@H](c4ccoc4)[C@]3(C)[C@H](OC(C)=O)C[C@@H]12. The Morgan fingerprint density at radius 3 is 2.46 bits per heavy atom. The summed E-state index contributed by atoms with van der Waals surface area (Å²) in [7, 11) is 1.49. The van der Waals surface area contributed by atoms with Crippen LogP contribution in [-0.4, -0.2) is 30.9 Å². The Morgan fingerprint density at radius 1 is 1.09 bits per heavy atom. The molecule has 0 N–H and O–H groups in total. The van der Waals surface area contributed by atoms with E-state index >= 15 is 0 Å². The van der Waals surface area contributed by atoms with Gasteiger partial charge in [-0.15, -0.1) is 0 Å². The molecule has 4 aliphatic carbocycles. The maximum Gasteiger partial charge on any atom is 0.311 e. The van der Waals surface area contributed by atoms with Gasteiger partial charge in [-0.25, -0.2) is 0 Å². The summed E-state index contributed by atoms with van der Waals surface area (Å²) in [5.74, 6) is -0.472. The van der Waals surface area contributed by atoms with Crippen LogP contribution in [0.15, 0.2) is 34.7 Å². The first kappa shape index (κ1) is 24.3. The minimum atomic E-state index is -0.638. The number of carbonyl (C=O) groups is 3. The van der Waals surface area contributed by atoms with E-state index in [9.17, 15) is 14.4 Å². The van der Waals surface area contributed by atoms with Gasteiger partial charge in [0.15, 0.2) is 5.78 Å². The van der Waals surface area contributed by atoms with E-state index in [2.05, 4.69) is 27.7 Å². The number of carbonyl (C=O) groups excluding carboxylic acids is 3. The summed E-state index contributed by atoms with van der Waals surface area (Å²) in [6.07, 6.45) is 9.94. The van der Waals surface area contributed by atoms with Gasteiger partial charge in [0.1, 0.15) is 6.10 Å². The summed E-state index contributed by atoms with van der Waals surface area (Å²) in [6, 6.07) is 1.85. The lowest BCUT2D eigenvalue weighted by atomic mass is 9.37. The molecule has 6 heteroatoms. The number of esters is 2. The van der Waals surface area contributed by atoms with E-state index in [0.29, 0.717) is 6.42 Å². The Hall–Kier alpha value is -2.37. The lowest BCUT2D eigenvalue weighted by Gasteiger charge is -2.67. The topological polar surface area (TPSA) is 82.8 Å². The second-order valence-electron chi connectivity index (χ2n) is 12.4. The van der Waals surface area contributed by atoms with E-state index in [4.69, 9.17) is 13.9 Å². The maximum absolute atomic E-state index is 13.6. The van der Waals surface area contributed by atoms with Gasteiger partial charge in [-0.3, -0.25) is 14.4 Å². The highest BCUT2D eigenvalue weighted by Gasteiger charge is 2.70. The third kappa shape index (κ3) is 3.10. The van der Waals surface area contributed by atoms with Crippen molar-refractivity contribution in [3.05, 3.63) is 35.8 Å². The van der Waals surface area contributed by atoms with Crippen LogP contribution in [0, 0.1) is 33.5 Å². The standard InChI is InChI=1S/C29H38O6/c1-17(30)35-23-15-21-26(2)10-7-11-28(4,25(32)33-6)20(26)8-12-27(21,3)22-14-19(31)24(29(22,23)5)18-9-13-34-16-18/h9,13-14,16,20-21,23-24H,7-8,10-12,15H2,1-6H3/t20?,21-,23-,24-,26+,27-,28+,29+/m1/s1. The van der Waals surface area contributed by atoms with Gasteiger partial charge in [0.2, 0.25) is 0 Å². The monoisotopic (exact) mass is 482 g/mol. The summed E-state index contributed by atoms with van der Waals surface area (Å²) in [4.78, 5) is 38.9. The zero-order valence-electron chi connectivity index (χ0n) is 21.8. The summed E-state index contributed by atoms with van der Waals surface area (Å²) in [5.41, 5.74) is 0.416. The zero-order valence-corrected chi connectivity index (χ0v) is 21.8. The molecule has 1 unspecified atom stereocenters. The van der Waals surface area contributed by atoms with E-state index in [0.717, 1.165) is 43.2 Å². The largest absolute Gasteiger partial charge is 0.472 e. The zero-order chi connectivity index (χ0) is 25.4. The van der Waals surface area contributed by atoms with Crippen molar-refractivity contribution in [3.8, 4) is 0 Å². The summed E-state index contributed by atoms with van der Waals surface area (Å²) in [5, 5.41) is 0. The first-order valence-corrected chi connectivity index (χ1v) is 13.0. The molecule has 5 rings (SSSR count). The van der Waals surface area contributed by atoms with Crippen LogP contribution < -0.4 is 0 Å². The van der Waals surface area contributed by atoms with Crippen molar-refractivity contribution in [1.29, 1.82) is 0 Å². The average Bonchev–Trinajstić information content (AvgIpc) is 3.40. The quantitative estimate of drug-likeness (QED) is 0.520. The number of fused-ring (bicyclic) bond motifs is 5. The number of ether oxygens (including phenoxy) is 2. The van der Waals surface area contributed by atoms with Crippen molar-refractivity contribution in [2.45, 2.75) is 85.2 Å². The Kier molecular flexibility index (Phi) is 5.43. The second kappa shape index (κ2) is 7.81. The van der Waals surface area contributed by atoms with Crippen LogP contribution in [0.25, 0.3) is 0 Å². The Balaban J connectivity index is 1.64. The molecule has 0 saturated heterocycles. The molecular weight excluding hydrogens is 444 g/mol. The smallest absolute Gasteiger partial charge is 0.311 e. The molecule has 0 aromatic carbocycles. The molecule has 3 fully saturated rings. The lowest BCUT2D eigenvalue weighted by molar-refractivity contribution is -0.194. The minimum absolute atomic E-state index is 0.0539. The van der Waals surface area contributed by atoms with E-state index in [1.165, 1.54) is 14.0 Å². The molecule has 35 heavy (non-hydrogen) atoms. The molecule has 4 aliphatic rings. The van der Waals surface area contributed by atoms with Crippen molar-refractivity contribution in [2.24, 2.45) is 33.5 Å². The van der Waals surface area contributed by atoms with Gasteiger partial charge in [0.25, 0.3) is 0 Å². The van der Waals surface area contributed by atoms with Gasteiger partial charge in [0, 0.05) is 17.9 Å². The summed E-state index contributed by atoms with van der Waals surface area (Å²) >= 11 is 0. The molecule has 0 aliphatic heterocycles. The van der Waals surface area contributed by atoms with Crippen molar-refractivity contribution >= 4 is 17.7 Å². The minimum Gasteiger partial charge on any atom is -0.472 e. The van der Waals surface area contributed by atoms with Crippen LogP contribution in [0.3, 0.4) is 0 Å². The first-order valence-electron chi connectivity index (χ1n) is 13.0. The Labute approximate surface area is 207 Å². The molecule has 1 heterocycles.